The molecule has 6 nitrogen and oxygen atoms in total. The minimum Gasteiger partial charge on any atom is -0.378 e. The summed E-state index contributed by atoms with van der Waals surface area (Å²) in [4.78, 5) is 17.2. The average molecular weight is 422 g/mol. The first-order valence-electron chi connectivity index (χ1n) is 10.2. The van der Waals surface area contributed by atoms with E-state index in [-0.39, 0.29) is 11.9 Å². The summed E-state index contributed by atoms with van der Waals surface area (Å²) in [7, 11) is 5.99. The molecule has 0 spiro atoms. The molecule has 7 heteroatoms. The van der Waals surface area contributed by atoms with Crippen molar-refractivity contribution in [2.75, 3.05) is 25.5 Å². The van der Waals surface area contributed by atoms with Gasteiger partial charge >= 0.3 is 0 Å². The van der Waals surface area contributed by atoms with Gasteiger partial charge in [-0.2, -0.15) is 0 Å². The molecule has 0 bridgehead atoms. The molecule has 0 radical (unpaired) electrons. The summed E-state index contributed by atoms with van der Waals surface area (Å²) in [6, 6.07) is 18.1. The highest BCUT2D eigenvalue weighted by atomic mass is 32.2. The molecule has 1 amide bonds. The third kappa shape index (κ3) is 4.21. The fourth-order valence-electron chi connectivity index (χ4n) is 3.81. The number of hydrogen-bond acceptors (Lipinski definition) is 5. The van der Waals surface area contributed by atoms with Crippen molar-refractivity contribution >= 4 is 23.4 Å². The monoisotopic (exact) mass is 421 g/mol. The predicted octanol–water partition coefficient (Wildman–Crippen LogP) is 4.15. The molecular weight excluding hydrogens is 394 g/mol. The molecule has 3 aromatic rings. The molecule has 0 saturated carbocycles. The zero-order valence-corrected chi connectivity index (χ0v) is 18.5. The van der Waals surface area contributed by atoms with Crippen LogP contribution in [0.25, 0.3) is 0 Å². The Hall–Kier alpha value is -2.80. The Bertz CT molecular complexity index is 1000. The fraction of sp³-hybridized carbons (Fsp3) is 0.348. The third-order valence-corrected chi connectivity index (χ3v) is 6.61. The van der Waals surface area contributed by atoms with Crippen LogP contribution in [-0.4, -0.2) is 46.2 Å². The van der Waals surface area contributed by atoms with Gasteiger partial charge in [-0.05, 0) is 42.7 Å². The SMILES string of the molecule is CN(C)c1ccc(C(=O)N2CCC[C@@H]2c2nnc(SCc3ccccc3)n2C)cc1. The lowest BCUT2D eigenvalue weighted by atomic mass is 10.1. The zero-order chi connectivity index (χ0) is 21.1. The quantitative estimate of drug-likeness (QED) is 0.560. The summed E-state index contributed by atoms with van der Waals surface area (Å²) in [6.07, 6.45) is 1.89. The van der Waals surface area contributed by atoms with E-state index in [1.807, 2.05) is 78.0 Å². The lowest BCUT2D eigenvalue weighted by Gasteiger charge is -2.24. The molecule has 0 aliphatic carbocycles. The number of nitrogens with zero attached hydrogens (tertiary/aromatic N) is 5. The first-order chi connectivity index (χ1) is 14.5. The van der Waals surface area contributed by atoms with Gasteiger partial charge in [0.1, 0.15) is 0 Å². The normalized spacial score (nSPS) is 16.1. The van der Waals surface area contributed by atoms with E-state index in [2.05, 4.69) is 22.3 Å². The van der Waals surface area contributed by atoms with Gasteiger partial charge in [0.15, 0.2) is 11.0 Å². The highest BCUT2D eigenvalue weighted by Crippen LogP contribution is 2.34. The minimum atomic E-state index is -0.0328. The van der Waals surface area contributed by atoms with Gasteiger partial charge in [-0.1, -0.05) is 42.1 Å². The highest BCUT2D eigenvalue weighted by Gasteiger charge is 2.34. The molecule has 30 heavy (non-hydrogen) atoms. The first kappa shape index (κ1) is 20.5. The van der Waals surface area contributed by atoms with Crippen molar-refractivity contribution in [3.05, 3.63) is 71.5 Å². The number of anilines is 1. The zero-order valence-electron chi connectivity index (χ0n) is 17.7. The van der Waals surface area contributed by atoms with Crippen LogP contribution < -0.4 is 4.90 Å². The molecule has 1 saturated heterocycles. The molecule has 1 atom stereocenters. The Balaban J connectivity index is 1.49. The second-order valence-corrected chi connectivity index (χ2v) is 8.71. The number of thioether (sulfide) groups is 1. The first-order valence-corrected chi connectivity index (χ1v) is 11.2. The van der Waals surface area contributed by atoms with Gasteiger partial charge in [0.05, 0.1) is 6.04 Å². The predicted molar refractivity (Wildman–Crippen MR) is 121 cm³/mol. The summed E-state index contributed by atoms with van der Waals surface area (Å²) in [5, 5.41) is 9.75. The van der Waals surface area contributed by atoms with Crippen LogP contribution in [0.3, 0.4) is 0 Å². The largest absolute Gasteiger partial charge is 0.378 e. The van der Waals surface area contributed by atoms with E-state index in [1.165, 1.54) is 5.56 Å². The molecule has 4 rings (SSSR count). The Kier molecular flexibility index (Phi) is 6.08. The molecule has 1 aromatic heterocycles. The van der Waals surface area contributed by atoms with Gasteiger partial charge in [-0.15, -0.1) is 10.2 Å². The summed E-state index contributed by atoms with van der Waals surface area (Å²) < 4.78 is 2.04. The standard InChI is InChI=1S/C23H27N5OS/c1-26(2)19-13-11-18(12-14-19)22(29)28-15-7-10-20(28)21-24-25-23(27(21)3)30-16-17-8-5-4-6-9-17/h4-6,8-9,11-14,20H,7,10,15-16H2,1-3H3/t20-/m1/s1. The molecule has 2 aromatic carbocycles. The van der Waals surface area contributed by atoms with Crippen LogP contribution in [0, 0.1) is 0 Å². The van der Waals surface area contributed by atoms with E-state index < -0.39 is 0 Å². The summed E-state index contributed by atoms with van der Waals surface area (Å²) in [6.45, 7) is 0.748. The number of aromatic nitrogens is 3. The maximum atomic E-state index is 13.2. The maximum absolute atomic E-state index is 13.2. The van der Waals surface area contributed by atoms with Crippen molar-refractivity contribution in [3.63, 3.8) is 0 Å². The van der Waals surface area contributed by atoms with Crippen LogP contribution in [-0.2, 0) is 12.8 Å². The number of benzene rings is 2. The van der Waals surface area contributed by atoms with Gasteiger partial charge in [0, 0.05) is 44.7 Å². The Morgan fingerprint density at radius 2 is 1.83 bits per heavy atom. The van der Waals surface area contributed by atoms with Crippen LogP contribution in [0.1, 0.15) is 40.6 Å². The molecular formula is C23H27N5OS. The maximum Gasteiger partial charge on any atom is 0.254 e. The molecule has 1 aliphatic rings. The van der Waals surface area contributed by atoms with Gasteiger partial charge in [-0.25, -0.2) is 0 Å². The molecule has 156 valence electrons. The third-order valence-electron chi connectivity index (χ3n) is 5.52. The fourth-order valence-corrected chi connectivity index (χ4v) is 4.68. The van der Waals surface area contributed by atoms with E-state index in [9.17, 15) is 4.79 Å². The van der Waals surface area contributed by atoms with Crippen molar-refractivity contribution in [3.8, 4) is 0 Å². The molecule has 1 aliphatic heterocycles. The van der Waals surface area contributed by atoms with Crippen molar-refractivity contribution in [2.24, 2.45) is 7.05 Å². The van der Waals surface area contributed by atoms with Crippen LogP contribution in [0.4, 0.5) is 5.69 Å². The van der Waals surface area contributed by atoms with Crippen molar-refractivity contribution < 1.29 is 4.79 Å². The Labute approximate surface area is 181 Å². The van der Waals surface area contributed by atoms with Crippen molar-refractivity contribution in [1.82, 2.24) is 19.7 Å². The second-order valence-electron chi connectivity index (χ2n) is 7.77. The van der Waals surface area contributed by atoms with Gasteiger partial charge in [-0.3, -0.25) is 4.79 Å². The van der Waals surface area contributed by atoms with Crippen LogP contribution in [0.2, 0.25) is 0 Å². The Morgan fingerprint density at radius 3 is 2.53 bits per heavy atom. The highest BCUT2D eigenvalue weighted by molar-refractivity contribution is 7.98. The van der Waals surface area contributed by atoms with Gasteiger partial charge in [0.2, 0.25) is 0 Å². The molecule has 0 N–H and O–H groups in total. The number of hydrogen-bond donors (Lipinski definition) is 0. The van der Waals surface area contributed by atoms with E-state index >= 15 is 0 Å². The van der Waals surface area contributed by atoms with Crippen LogP contribution >= 0.6 is 11.8 Å². The minimum absolute atomic E-state index is 0.0328. The number of carbonyl (C=O) groups is 1. The van der Waals surface area contributed by atoms with Gasteiger partial charge < -0.3 is 14.4 Å². The molecule has 2 heterocycles. The van der Waals surface area contributed by atoms with Crippen molar-refractivity contribution in [1.29, 1.82) is 0 Å². The van der Waals surface area contributed by atoms with E-state index in [0.717, 1.165) is 41.8 Å². The topological polar surface area (TPSA) is 54.3 Å². The lowest BCUT2D eigenvalue weighted by Crippen LogP contribution is -2.32. The summed E-state index contributed by atoms with van der Waals surface area (Å²) >= 11 is 1.67. The van der Waals surface area contributed by atoms with E-state index in [0.29, 0.717) is 5.56 Å². The van der Waals surface area contributed by atoms with Crippen molar-refractivity contribution in [2.45, 2.75) is 29.8 Å². The number of likely N-dealkylation sites (tertiary alicyclic amines) is 1. The summed E-state index contributed by atoms with van der Waals surface area (Å²) in [5.74, 6) is 1.77. The molecule has 0 unspecified atom stereocenters. The number of carbonyl (C=O) groups excluding carboxylic acids is 1. The number of amides is 1. The lowest BCUT2D eigenvalue weighted by molar-refractivity contribution is 0.0727. The van der Waals surface area contributed by atoms with Gasteiger partial charge in [0.25, 0.3) is 5.91 Å². The van der Waals surface area contributed by atoms with E-state index in [4.69, 9.17) is 0 Å². The smallest absolute Gasteiger partial charge is 0.254 e. The molecule has 1 fully saturated rings. The average Bonchev–Trinajstić information content (AvgIpc) is 3.39. The Morgan fingerprint density at radius 1 is 1.10 bits per heavy atom. The second kappa shape index (κ2) is 8.92. The van der Waals surface area contributed by atoms with Crippen LogP contribution in [0.5, 0.6) is 0 Å². The number of rotatable bonds is 6. The van der Waals surface area contributed by atoms with E-state index in [1.54, 1.807) is 11.8 Å². The van der Waals surface area contributed by atoms with Crippen LogP contribution in [0.15, 0.2) is 59.8 Å². The summed E-state index contributed by atoms with van der Waals surface area (Å²) in [5.41, 5.74) is 3.05.